The normalized spacial score (nSPS) is 18.9. The van der Waals surface area contributed by atoms with E-state index in [1.807, 2.05) is 0 Å². The molecule has 2 heteroatoms. The standard InChI is InChI=1S/C15H23OP/c1-16-14-10-8-13(9-11-14)12-17(2)15-6-4-3-5-7-15/h8-11,15H,3-7,12H2,1-2H3. The van der Waals surface area contributed by atoms with Crippen LogP contribution in [0, 0.1) is 0 Å². The highest BCUT2D eigenvalue weighted by Crippen LogP contribution is 2.47. The van der Waals surface area contributed by atoms with Crippen LogP contribution in [0.25, 0.3) is 0 Å². The van der Waals surface area contributed by atoms with Gasteiger partial charge < -0.3 is 4.74 Å². The number of benzene rings is 1. The van der Waals surface area contributed by atoms with Crippen molar-refractivity contribution in [2.75, 3.05) is 13.8 Å². The van der Waals surface area contributed by atoms with Crippen LogP contribution in [0.4, 0.5) is 0 Å². The molecule has 1 atom stereocenters. The van der Waals surface area contributed by atoms with E-state index in [0.29, 0.717) is 0 Å². The maximum absolute atomic E-state index is 5.20. The summed E-state index contributed by atoms with van der Waals surface area (Å²) in [6, 6.07) is 8.61. The average Bonchev–Trinajstić information content (AvgIpc) is 2.40. The number of hydrogen-bond donors (Lipinski definition) is 0. The van der Waals surface area contributed by atoms with Crippen LogP contribution in [0.15, 0.2) is 24.3 Å². The van der Waals surface area contributed by atoms with Gasteiger partial charge in [-0.15, -0.1) is 7.92 Å². The van der Waals surface area contributed by atoms with E-state index in [-0.39, 0.29) is 7.92 Å². The molecule has 0 radical (unpaired) electrons. The van der Waals surface area contributed by atoms with E-state index in [1.54, 1.807) is 7.11 Å². The zero-order valence-corrected chi connectivity index (χ0v) is 11.9. The quantitative estimate of drug-likeness (QED) is 0.707. The van der Waals surface area contributed by atoms with Gasteiger partial charge in [0.1, 0.15) is 5.75 Å². The topological polar surface area (TPSA) is 9.23 Å². The fourth-order valence-electron chi connectivity index (χ4n) is 2.67. The van der Waals surface area contributed by atoms with Gasteiger partial charge in [0, 0.05) is 0 Å². The van der Waals surface area contributed by atoms with E-state index in [0.717, 1.165) is 11.4 Å². The highest BCUT2D eigenvalue weighted by atomic mass is 31.1. The first-order chi connectivity index (χ1) is 8.29. The van der Waals surface area contributed by atoms with Crippen molar-refractivity contribution in [1.82, 2.24) is 0 Å². The van der Waals surface area contributed by atoms with Crippen molar-refractivity contribution in [3.63, 3.8) is 0 Å². The molecule has 1 aromatic rings. The summed E-state index contributed by atoms with van der Waals surface area (Å²) in [5.74, 6) is 0.965. The molecule has 0 saturated heterocycles. The smallest absolute Gasteiger partial charge is 0.118 e. The second-order valence-electron chi connectivity index (χ2n) is 5.06. The molecule has 1 aliphatic carbocycles. The summed E-state index contributed by atoms with van der Waals surface area (Å²) in [5, 5.41) is 0. The van der Waals surface area contributed by atoms with Crippen molar-refractivity contribution < 1.29 is 4.74 Å². The molecule has 0 aromatic heterocycles. The molecule has 0 N–H and O–H groups in total. The first kappa shape index (κ1) is 12.9. The summed E-state index contributed by atoms with van der Waals surface area (Å²) in [6.07, 6.45) is 8.60. The zero-order chi connectivity index (χ0) is 12.1. The molecule has 0 amide bonds. The molecule has 94 valence electrons. The minimum atomic E-state index is 0.170. The third kappa shape index (κ3) is 3.71. The van der Waals surface area contributed by atoms with Crippen molar-refractivity contribution in [3.05, 3.63) is 29.8 Å². The lowest BCUT2D eigenvalue weighted by Crippen LogP contribution is -2.10. The number of hydrogen-bond acceptors (Lipinski definition) is 1. The second kappa shape index (κ2) is 6.40. The van der Waals surface area contributed by atoms with Crippen LogP contribution in [-0.4, -0.2) is 19.4 Å². The minimum Gasteiger partial charge on any atom is -0.497 e. The Labute approximate surface area is 106 Å². The van der Waals surface area contributed by atoms with Gasteiger partial charge in [0.05, 0.1) is 7.11 Å². The Hall–Kier alpha value is -0.550. The lowest BCUT2D eigenvalue weighted by atomic mass is 10.0. The third-order valence-electron chi connectivity index (χ3n) is 3.79. The van der Waals surface area contributed by atoms with Gasteiger partial charge >= 0.3 is 0 Å². The summed E-state index contributed by atoms with van der Waals surface area (Å²) >= 11 is 0. The Morgan fingerprint density at radius 3 is 2.35 bits per heavy atom. The van der Waals surface area contributed by atoms with Crippen LogP contribution >= 0.6 is 7.92 Å². The maximum Gasteiger partial charge on any atom is 0.118 e. The summed E-state index contributed by atoms with van der Waals surface area (Å²) in [7, 11) is 1.90. The lowest BCUT2D eigenvalue weighted by Gasteiger charge is -2.28. The van der Waals surface area contributed by atoms with Crippen molar-refractivity contribution in [1.29, 1.82) is 0 Å². The molecule has 2 rings (SSSR count). The largest absolute Gasteiger partial charge is 0.497 e. The fourth-order valence-corrected chi connectivity index (χ4v) is 4.96. The Kier molecular flexibility index (Phi) is 4.86. The van der Waals surface area contributed by atoms with E-state index in [4.69, 9.17) is 4.74 Å². The van der Waals surface area contributed by atoms with Gasteiger partial charge in [-0.25, -0.2) is 0 Å². The third-order valence-corrected chi connectivity index (χ3v) is 6.42. The molecule has 17 heavy (non-hydrogen) atoms. The van der Waals surface area contributed by atoms with Gasteiger partial charge in [0.25, 0.3) is 0 Å². The lowest BCUT2D eigenvalue weighted by molar-refractivity contribution is 0.414. The van der Waals surface area contributed by atoms with Crippen molar-refractivity contribution in [2.24, 2.45) is 0 Å². The van der Waals surface area contributed by atoms with Crippen LogP contribution in [0.5, 0.6) is 5.75 Å². The minimum absolute atomic E-state index is 0.170. The Morgan fingerprint density at radius 1 is 1.12 bits per heavy atom. The molecule has 1 unspecified atom stereocenters. The number of methoxy groups -OCH3 is 1. The van der Waals surface area contributed by atoms with E-state index in [1.165, 1.54) is 43.8 Å². The molecule has 0 heterocycles. The first-order valence-electron chi connectivity index (χ1n) is 6.63. The van der Waals surface area contributed by atoms with Gasteiger partial charge in [-0.2, -0.15) is 0 Å². The van der Waals surface area contributed by atoms with Crippen molar-refractivity contribution in [3.8, 4) is 5.75 Å². The molecular weight excluding hydrogens is 227 g/mol. The van der Waals surface area contributed by atoms with Crippen molar-refractivity contribution in [2.45, 2.75) is 43.9 Å². The summed E-state index contributed by atoms with van der Waals surface area (Å²) in [4.78, 5) is 0. The molecule has 0 spiro atoms. The Morgan fingerprint density at radius 2 is 1.76 bits per heavy atom. The van der Waals surface area contributed by atoms with Gasteiger partial charge in [-0.05, 0) is 49.0 Å². The van der Waals surface area contributed by atoms with Crippen LogP contribution in [0.3, 0.4) is 0 Å². The van der Waals surface area contributed by atoms with Crippen LogP contribution in [0.2, 0.25) is 0 Å². The van der Waals surface area contributed by atoms with Gasteiger partial charge in [0.15, 0.2) is 0 Å². The summed E-state index contributed by atoms with van der Waals surface area (Å²) in [6.45, 7) is 2.48. The number of rotatable bonds is 4. The number of ether oxygens (including phenoxy) is 1. The summed E-state index contributed by atoms with van der Waals surface area (Å²) in [5.41, 5.74) is 2.49. The zero-order valence-electron chi connectivity index (χ0n) is 11.0. The van der Waals surface area contributed by atoms with E-state index in [9.17, 15) is 0 Å². The highest BCUT2D eigenvalue weighted by molar-refractivity contribution is 7.56. The predicted molar refractivity (Wildman–Crippen MR) is 76.4 cm³/mol. The molecule has 1 aromatic carbocycles. The molecular formula is C15H23OP. The summed E-state index contributed by atoms with van der Waals surface area (Å²) < 4.78 is 5.20. The monoisotopic (exact) mass is 250 g/mol. The fraction of sp³-hybridized carbons (Fsp3) is 0.600. The van der Waals surface area contributed by atoms with Crippen LogP contribution < -0.4 is 4.74 Å². The molecule has 1 aliphatic rings. The van der Waals surface area contributed by atoms with Crippen LogP contribution in [-0.2, 0) is 6.16 Å². The van der Waals surface area contributed by atoms with E-state index in [2.05, 4.69) is 30.9 Å². The van der Waals surface area contributed by atoms with E-state index < -0.39 is 0 Å². The molecule has 1 fully saturated rings. The first-order valence-corrected chi connectivity index (χ1v) is 8.67. The van der Waals surface area contributed by atoms with E-state index >= 15 is 0 Å². The van der Waals surface area contributed by atoms with Crippen LogP contribution in [0.1, 0.15) is 37.7 Å². The van der Waals surface area contributed by atoms with Gasteiger partial charge in [-0.1, -0.05) is 31.4 Å². The highest BCUT2D eigenvalue weighted by Gasteiger charge is 2.19. The molecule has 0 bridgehead atoms. The van der Waals surface area contributed by atoms with Crippen molar-refractivity contribution >= 4 is 7.92 Å². The van der Waals surface area contributed by atoms with Gasteiger partial charge in [-0.3, -0.25) is 0 Å². The molecule has 0 aliphatic heterocycles. The molecule has 1 nitrogen and oxygen atoms in total. The van der Waals surface area contributed by atoms with Gasteiger partial charge in [0.2, 0.25) is 0 Å². The maximum atomic E-state index is 5.20. The predicted octanol–water partition coefficient (Wildman–Crippen LogP) is 4.64. The molecule has 1 saturated carbocycles. The average molecular weight is 250 g/mol. The second-order valence-corrected chi connectivity index (χ2v) is 7.62. The Bertz CT molecular complexity index is 327. The SMILES string of the molecule is COc1ccc(CP(C)C2CCCCC2)cc1. The Balaban J connectivity index is 1.89.